The molecule has 36 heavy (non-hydrogen) atoms. The summed E-state index contributed by atoms with van der Waals surface area (Å²) in [4.78, 5) is 34.2. The molecule has 2 aromatic carbocycles. The average molecular weight is 495 g/mol. The van der Waals surface area contributed by atoms with E-state index in [-0.39, 0.29) is 17.5 Å². The van der Waals surface area contributed by atoms with Gasteiger partial charge < -0.3 is 19.4 Å². The van der Waals surface area contributed by atoms with E-state index < -0.39 is 11.4 Å². The van der Waals surface area contributed by atoms with Crippen molar-refractivity contribution >= 4 is 35.1 Å². The monoisotopic (exact) mass is 494 g/mol. The Morgan fingerprint density at radius 3 is 2.56 bits per heavy atom. The quantitative estimate of drug-likeness (QED) is 0.286. The van der Waals surface area contributed by atoms with Gasteiger partial charge in [-0.15, -0.1) is 0 Å². The second-order valence-electron chi connectivity index (χ2n) is 10.0. The van der Waals surface area contributed by atoms with Crippen molar-refractivity contribution in [2.45, 2.75) is 53.1 Å². The van der Waals surface area contributed by atoms with Crippen molar-refractivity contribution in [3.8, 4) is 11.1 Å². The highest BCUT2D eigenvalue weighted by Crippen LogP contribution is 2.31. The van der Waals surface area contributed by atoms with Crippen LogP contribution in [0.5, 0.6) is 0 Å². The number of aliphatic imine (C=N–C) groups is 1. The highest BCUT2D eigenvalue weighted by atomic mass is 19.1. The number of likely N-dealkylation sites (tertiary alicyclic amines) is 1. The van der Waals surface area contributed by atoms with Crippen LogP contribution in [-0.4, -0.2) is 46.9 Å². The highest BCUT2D eigenvalue weighted by molar-refractivity contribution is 5.94. The Hall–Kier alpha value is -3.75. The normalized spacial score (nSPS) is 15.3. The SMILES string of the molecule is Cc1nc2c(F)cc(-c3ccc(N=C(NC=O)C4CCN(C(=O)OC(C)(C)C)CC4)c(C)c3)cc2o1. The van der Waals surface area contributed by atoms with Gasteiger partial charge in [0.25, 0.3) is 0 Å². The van der Waals surface area contributed by atoms with Gasteiger partial charge >= 0.3 is 6.09 Å². The fourth-order valence-electron chi connectivity index (χ4n) is 4.32. The lowest BCUT2D eigenvalue weighted by molar-refractivity contribution is -0.108. The highest BCUT2D eigenvalue weighted by Gasteiger charge is 2.29. The number of aromatic nitrogens is 1. The number of halogens is 1. The smallest absolute Gasteiger partial charge is 0.410 e. The molecule has 190 valence electrons. The fourth-order valence-corrected chi connectivity index (χ4v) is 4.32. The molecule has 1 aromatic heterocycles. The lowest BCUT2D eigenvalue weighted by Crippen LogP contribution is -2.44. The van der Waals surface area contributed by atoms with Crippen molar-refractivity contribution in [3.63, 3.8) is 0 Å². The first-order valence-electron chi connectivity index (χ1n) is 12.0. The van der Waals surface area contributed by atoms with E-state index in [1.165, 1.54) is 6.07 Å². The van der Waals surface area contributed by atoms with Crippen LogP contribution < -0.4 is 5.32 Å². The zero-order valence-corrected chi connectivity index (χ0v) is 21.2. The summed E-state index contributed by atoms with van der Waals surface area (Å²) in [5.41, 5.74) is 3.14. The molecule has 1 aliphatic heterocycles. The Morgan fingerprint density at radius 1 is 1.19 bits per heavy atom. The van der Waals surface area contributed by atoms with Gasteiger partial charge in [-0.3, -0.25) is 4.79 Å². The number of amidine groups is 1. The standard InChI is InChI=1S/C27H31FN4O4/c1-16-12-19(20-13-21(28)24-23(14-20)35-17(2)30-24)6-7-22(16)31-25(29-15-33)18-8-10-32(11-9-18)26(34)36-27(3,4)5/h6-7,12-15,18H,8-11H2,1-5H3,(H,29,31,33). The van der Waals surface area contributed by atoms with Crippen LogP contribution in [0.25, 0.3) is 22.2 Å². The summed E-state index contributed by atoms with van der Waals surface area (Å²) in [5.74, 6) is 0.539. The summed E-state index contributed by atoms with van der Waals surface area (Å²) in [7, 11) is 0. The minimum atomic E-state index is -0.547. The number of rotatable bonds is 4. The number of fused-ring (bicyclic) bond motifs is 1. The molecule has 0 radical (unpaired) electrons. The molecular formula is C27H31FN4O4. The van der Waals surface area contributed by atoms with Gasteiger partial charge in [-0.1, -0.05) is 6.07 Å². The number of amides is 2. The molecular weight excluding hydrogens is 463 g/mol. The Labute approximate surface area is 209 Å². The summed E-state index contributed by atoms with van der Waals surface area (Å²) in [6.45, 7) is 10.2. The maximum absolute atomic E-state index is 14.5. The first-order chi connectivity index (χ1) is 17.0. The molecule has 1 aliphatic rings. The molecule has 2 heterocycles. The molecule has 0 bridgehead atoms. The van der Waals surface area contributed by atoms with Gasteiger partial charge in [0, 0.05) is 25.9 Å². The number of ether oxygens (including phenoxy) is 1. The Balaban J connectivity index is 1.52. The third-order valence-electron chi connectivity index (χ3n) is 6.07. The predicted octanol–water partition coefficient (Wildman–Crippen LogP) is 5.67. The van der Waals surface area contributed by atoms with Crippen molar-refractivity contribution in [1.29, 1.82) is 0 Å². The van der Waals surface area contributed by atoms with Crippen LogP contribution in [0, 0.1) is 25.6 Å². The molecule has 1 saturated heterocycles. The Kier molecular flexibility index (Phi) is 7.10. The molecule has 0 aliphatic carbocycles. The number of carbonyl (C=O) groups is 2. The fraction of sp³-hybridized carbons (Fsp3) is 0.407. The zero-order valence-electron chi connectivity index (χ0n) is 21.2. The van der Waals surface area contributed by atoms with Gasteiger partial charge in [0.15, 0.2) is 17.3 Å². The number of nitrogens with one attached hydrogen (secondary N) is 1. The van der Waals surface area contributed by atoms with E-state index in [0.29, 0.717) is 60.9 Å². The number of carbonyl (C=O) groups excluding carboxylic acids is 2. The summed E-state index contributed by atoms with van der Waals surface area (Å²) in [5, 5.41) is 2.75. The van der Waals surface area contributed by atoms with Crippen molar-refractivity contribution in [2.75, 3.05) is 13.1 Å². The van der Waals surface area contributed by atoms with E-state index in [1.807, 2.05) is 45.9 Å². The minimum absolute atomic E-state index is 0.000779. The maximum atomic E-state index is 14.5. The number of hydrogen-bond donors (Lipinski definition) is 1. The van der Waals surface area contributed by atoms with Crippen LogP contribution in [0.15, 0.2) is 39.7 Å². The molecule has 0 saturated carbocycles. The molecule has 8 nitrogen and oxygen atoms in total. The molecule has 9 heteroatoms. The van der Waals surface area contributed by atoms with E-state index in [4.69, 9.17) is 14.1 Å². The number of aryl methyl sites for hydroxylation is 2. The topological polar surface area (TPSA) is 97.0 Å². The second kappa shape index (κ2) is 10.1. The Morgan fingerprint density at radius 2 is 1.92 bits per heavy atom. The molecule has 4 rings (SSSR count). The minimum Gasteiger partial charge on any atom is -0.444 e. The molecule has 2 amide bonds. The Bertz CT molecular complexity index is 1320. The second-order valence-corrected chi connectivity index (χ2v) is 10.0. The van der Waals surface area contributed by atoms with Gasteiger partial charge in [-0.25, -0.2) is 19.2 Å². The van der Waals surface area contributed by atoms with E-state index in [2.05, 4.69) is 10.3 Å². The largest absolute Gasteiger partial charge is 0.444 e. The van der Waals surface area contributed by atoms with Crippen molar-refractivity contribution in [2.24, 2.45) is 10.9 Å². The molecule has 3 aromatic rings. The van der Waals surface area contributed by atoms with Gasteiger partial charge in [-0.2, -0.15) is 0 Å². The van der Waals surface area contributed by atoms with Crippen LogP contribution in [0.4, 0.5) is 14.9 Å². The maximum Gasteiger partial charge on any atom is 0.410 e. The zero-order chi connectivity index (χ0) is 26.0. The van der Waals surface area contributed by atoms with Crippen LogP contribution in [-0.2, 0) is 9.53 Å². The first kappa shape index (κ1) is 25.3. The van der Waals surface area contributed by atoms with E-state index in [1.54, 1.807) is 17.9 Å². The lowest BCUT2D eigenvalue weighted by Gasteiger charge is -2.33. The third-order valence-corrected chi connectivity index (χ3v) is 6.07. The summed E-state index contributed by atoms with van der Waals surface area (Å²) >= 11 is 0. The third kappa shape index (κ3) is 5.72. The van der Waals surface area contributed by atoms with Crippen LogP contribution in [0.2, 0.25) is 0 Å². The van der Waals surface area contributed by atoms with E-state index in [0.717, 1.165) is 11.1 Å². The number of hydrogen-bond acceptors (Lipinski definition) is 6. The average Bonchev–Trinajstić information content (AvgIpc) is 3.20. The number of oxazole rings is 1. The first-order valence-corrected chi connectivity index (χ1v) is 12.0. The van der Waals surface area contributed by atoms with Crippen LogP contribution in [0.3, 0.4) is 0 Å². The molecule has 1 fully saturated rings. The van der Waals surface area contributed by atoms with E-state index in [9.17, 15) is 14.0 Å². The number of piperidine rings is 1. The van der Waals surface area contributed by atoms with Crippen molar-refractivity contribution in [1.82, 2.24) is 15.2 Å². The van der Waals surface area contributed by atoms with Gasteiger partial charge in [-0.05, 0) is 81.5 Å². The van der Waals surface area contributed by atoms with Gasteiger partial charge in [0.05, 0.1) is 5.69 Å². The summed E-state index contributed by atoms with van der Waals surface area (Å²) in [6.07, 6.45) is 1.61. The lowest BCUT2D eigenvalue weighted by atomic mass is 9.95. The van der Waals surface area contributed by atoms with E-state index >= 15 is 0 Å². The molecule has 0 atom stereocenters. The number of nitrogens with zero attached hydrogens (tertiary/aromatic N) is 3. The van der Waals surface area contributed by atoms with Crippen LogP contribution >= 0.6 is 0 Å². The van der Waals surface area contributed by atoms with Gasteiger partial charge in [0.1, 0.15) is 17.0 Å². The van der Waals surface area contributed by atoms with Crippen molar-refractivity contribution in [3.05, 3.63) is 47.6 Å². The van der Waals surface area contributed by atoms with Gasteiger partial charge in [0.2, 0.25) is 6.41 Å². The molecule has 0 unspecified atom stereocenters. The summed E-state index contributed by atoms with van der Waals surface area (Å²) in [6, 6.07) is 8.85. The van der Waals surface area contributed by atoms with Crippen LogP contribution in [0.1, 0.15) is 45.1 Å². The predicted molar refractivity (Wildman–Crippen MR) is 136 cm³/mol. The molecule has 1 N–H and O–H groups in total. The van der Waals surface area contributed by atoms with Crippen molar-refractivity contribution < 1.29 is 23.1 Å². The summed E-state index contributed by atoms with van der Waals surface area (Å²) < 4.78 is 25.5. The molecule has 0 spiro atoms. The number of benzene rings is 2.